The van der Waals surface area contributed by atoms with Crippen molar-refractivity contribution in [2.45, 2.75) is 19.3 Å². The fourth-order valence-corrected chi connectivity index (χ4v) is 5.93. The molecule has 0 fully saturated rings. The number of carbonyl (C=O) groups excluding carboxylic acids is 1. The Kier molecular flexibility index (Phi) is 9.75. The predicted octanol–water partition coefficient (Wildman–Crippen LogP) is 7.14. The largest absolute Gasteiger partial charge is 0.342 e. The Bertz CT molecular complexity index is 1540. The van der Waals surface area contributed by atoms with Gasteiger partial charge >= 0.3 is 0 Å². The number of fused-ring (bicyclic) bond motifs is 4. The molecule has 1 heterocycles. The molecule has 0 aromatic heterocycles. The van der Waals surface area contributed by atoms with Gasteiger partial charge in [0.15, 0.2) is 0 Å². The summed E-state index contributed by atoms with van der Waals surface area (Å²) in [4.78, 5) is 21.4. The molecule has 0 bridgehead atoms. The van der Waals surface area contributed by atoms with Gasteiger partial charge in [-0.05, 0) is 99.5 Å². The molecular formula is C38H44N4O. The van der Waals surface area contributed by atoms with Crippen LogP contribution in [-0.2, 0) is 12.8 Å². The van der Waals surface area contributed by atoms with E-state index >= 15 is 0 Å². The summed E-state index contributed by atoms with van der Waals surface area (Å²) in [6.07, 6.45) is 5.78. The van der Waals surface area contributed by atoms with Gasteiger partial charge in [-0.15, -0.1) is 0 Å². The predicted molar refractivity (Wildman–Crippen MR) is 182 cm³/mol. The number of benzene rings is 4. The zero-order valence-electron chi connectivity index (χ0n) is 26.3. The normalized spacial score (nSPS) is 13.7. The second kappa shape index (κ2) is 13.9. The molecule has 43 heavy (non-hydrogen) atoms. The number of likely N-dealkylation sites (N-methyl/N-ethyl adjacent to an activating group) is 1. The van der Waals surface area contributed by atoms with E-state index in [1.165, 1.54) is 27.8 Å². The highest BCUT2D eigenvalue weighted by Gasteiger charge is 2.28. The summed E-state index contributed by atoms with van der Waals surface area (Å²) in [5.41, 5.74) is 10.9. The van der Waals surface area contributed by atoms with Crippen molar-refractivity contribution in [3.8, 4) is 0 Å². The third-order valence-corrected chi connectivity index (χ3v) is 8.25. The number of rotatable bonds is 6. The van der Waals surface area contributed by atoms with Gasteiger partial charge in [-0.2, -0.15) is 0 Å². The minimum Gasteiger partial charge on any atom is -0.342 e. The molecule has 0 atom stereocenters. The molecular weight excluding hydrogens is 528 g/mol. The fraction of sp³-hybridized carbons (Fsp3) is 0.289. The molecule has 0 N–H and O–H groups in total. The van der Waals surface area contributed by atoms with Crippen molar-refractivity contribution in [3.05, 3.63) is 131 Å². The van der Waals surface area contributed by atoms with Crippen LogP contribution in [0.1, 0.15) is 39.0 Å². The molecule has 0 radical (unpaired) electrons. The van der Waals surface area contributed by atoms with Crippen LogP contribution in [0.15, 0.2) is 103 Å². The lowest BCUT2D eigenvalue weighted by Gasteiger charge is -2.25. The maximum Gasteiger partial charge on any atom is 0.260 e. The first-order valence-electron chi connectivity index (χ1n) is 15.2. The minimum atomic E-state index is 0.0641. The molecule has 5 heteroatoms. The van der Waals surface area contributed by atoms with E-state index in [9.17, 15) is 4.79 Å². The number of aryl methyl sites for hydroxylation is 2. The highest BCUT2D eigenvalue weighted by molar-refractivity contribution is 6.13. The molecule has 1 aliphatic carbocycles. The van der Waals surface area contributed by atoms with E-state index in [0.29, 0.717) is 6.54 Å². The highest BCUT2D eigenvalue weighted by Crippen LogP contribution is 2.39. The van der Waals surface area contributed by atoms with Crippen molar-refractivity contribution >= 4 is 28.5 Å². The van der Waals surface area contributed by atoms with E-state index in [1.54, 1.807) is 0 Å². The zero-order valence-corrected chi connectivity index (χ0v) is 26.3. The lowest BCUT2D eigenvalue weighted by atomic mass is 9.93. The van der Waals surface area contributed by atoms with Crippen LogP contribution in [0, 0.1) is 0 Å². The lowest BCUT2D eigenvalue weighted by Crippen LogP contribution is -2.36. The Balaban J connectivity index is 0.000000171. The molecule has 0 saturated heterocycles. The minimum absolute atomic E-state index is 0.0641. The van der Waals surface area contributed by atoms with Gasteiger partial charge in [0.2, 0.25) is 0 Å². The lowest BCUT2D eigenvalue weighted by molar-refractivity contribution is 0.0986. The van der Waals surface area contributed by atoms with Crippen molar-refractivity contribution in [2.75, 3.05) is 64.7 Å². The summed E-state index contributed by atoms with van der Waals surface area (Å²) in [5, 5.41) is 0. The van der Waals surface area contributed by atoms with Crippen LogP contribution in [0.5, 0.6) is 0 Å². The molecule has 6 rings (SSSR count). The maximum atomic E-state index is 13.0. The van der Waals surface area contributed by atoms with Gasteiger partial charge in [-0.3, -0.25) is 4.79 Å². The van der Waals surface area contributed by atoms with Crippen molar-refractivity contribution in [2.24, 2.45) is 0 Å². The van der Waals surface area contributed by atoms with Gasteiger partial charge in [0, 0.05) is 26.7 Å². The first-order valence-corrected chi connectivity index (χ1v) is 15.2. The third-order valence-electron chi connectivity index (χ3n) is 8.25. The number of hydrogen-bond donors (Lipinski definition) is 0. The second-order valence-electron chi connectivity index (χ2n) is 11.8. The third kappa shape index (κ3) is 6.90. The van der Waals surface area contributed by atoms with Gasteiger partial charge in [-0.1, -0.05) is 78.9 Å². The average molecular weight is 573 g/mol. The number of anilines is 3. The van der Waals surface area contributed by atoms with E-state index in [-0.39, 0.29) is 5.91 Å². The van der Waals surface area contributed by atoms with Crippen LogP contribution in [0.3, 0.4) is 0 Å². The standard InChI is InChI=1S/C20H23N.C18H21N3O/c1-21(2)15-7-12-20-18-10-5-3-8-16(18)13-14-17-9-4-6-11-19(17)20;1-19(2)12-13-21-17-11-7-6-10-16(17)20(3)15-9-5-4-8-14(15)18(21)22/h3-6,8-12H,7,13-15H2,1-2H3;4-11H,12-13H2,1-3H3. The molecule has 5 nitrogen and oxygen atoms in total. The van der Waals surface area contributed by atoms with Crippen molar-refractivity contribution in [3.63, 3.8) is 0 Å². The van der Waals surface area contributed by atoms with Gasteiger partial charge in [-0.25, -0.2) is 0 Å². The van der Waals surface area contributed by atoms with Crippen LogP contribution in [0.25, 0.3) is 5.57 Å². The molecule has 2 aliphatic rings. The van der Waals surface area contributed by atoms with E-state index in [1.807, 2.05) is 68.5 Å². The van der Waals surface area contributed by atoms with E-state index in [4.69, 9.17) is 0 Å². The average Bonchev–Trinajstić information content (AvgIpc) is 3.23. The second-order valence-corrected chi connectivity index (χ2v) is 11.8. The van der Waals surface area contributed by atoms with Gasteiger partial charge in [0.05, 0.1) is 22.6 Å². The van der Waals surface area contributed by atoms with E-state index in [0.717, 1.165) is 55.0 Å². The molecule has 222 valence electrons. The summed E-state index contributed by atoms with van der Waals surface area (Å²) in [7, 11) is 10.3. The molecule has 0 unspecified atom stereocenters. The topological polar surface area (TPSA) is 30.0 Å². The number of nitrogens with zero attached hydrogens (tertiary/aromatic N) is 4. The smallest absolute Gasteiger partial charge is 0.260 e. The van der Waals surface area contributed by atoms with Crippen molar-refractivity contribution in [1.29, 1.82) is 0 Å². The molecule has 0 spiro atoms. The number of carbonyl (C=O) groups is 1. The first kappa shape index (κ1) is 30.3. The summed E-state index contributed by atoms with van der Waals surface area (Å²) in [5.74, 6) is 0.0641. The fourth-order valence-electron chi connectivity index (χ4n) is 5.93. The highest BCUT2D eigenvalue weighted by atomic mass is 16.2. The SMILES string of the molecule is CN(C)CCC=C1c2ccccc2CCc2ccccc21.CN(C)CCN1C(=O)c2ccccc2N(C)c2ccccc21. The van der Waals surface area contributed by atoms with Crippen LogP contribution in [0.4, 0.5) is 17.1 Å². The molecule has 4 aromatic carbocycles. The van der Waals surface area contributed by atoms with Crippen LogP contribution in [0.2, 0.25) is 0 Å². The Morgan fingerprint density at radius 1 is 0.628 bits per heavy atom. The summed E-state index contributed by atoms with van der Waals surface area (Å²) in [6.45, 7) is 2.59. The summed E-state index contributed by atoms with van der Waals surface area (Å²) < 4.78 is 0. The Hall–Kier alpha value is -4.19. The number of amides is 1. The summed E-state index contributed by atoms with van der Waals surface area (Å²) >= 11 is 0. The molecule has 1 aliphatic heterocycles. The van der Waals surface area contributed by atoms with E-state index < -0.39 is 0 Å². The van der Waals surface area contributed by atoms with Crippen LogP contribution >= 0.6 is 0 Å². The van der Waals surface area contributed by atoms with Crippen LogP contribution in [-0.4, -0.2) is 70.6 Å². The Labute approximate surface area is 257 Å². The quantitative estimate of drug-likeness (QED) is 0.246. The first-order chi connectivity index (χ1) is 20.8. The molecule has 1 amide bonds. The molecule has 0 saturated carbocycles. The van der Waals surface area contributed by atoms with Crippen molar-refractivity contribution < 1.29 is 4.79 Å². The number of hydrogen-bond acceptors (Lipinski definition) is 4. The maximum absolute atomic E-state index is 13.0. The molecule has 4 aromatic rings. The summed E-state index contributed by atoms with van der Waals surface area (Å²) in [6, 6.07) is 33.6. The van der Waals surface area contributed by atoms with Crippen molar-refractivity contribution in [1.82, 2.24) is 9.80 Å². The van der Waals surface area contributed by atoms with Gasteiger partial charge < -0.3 is 19.6 Å². The van der Waals surface area contributed by atoms with Gasteiger partial charge in [0.25, 0.3) is 5.91 Å². The van der Waals surface area contributed by atoms with E-state index in [2.05, 4.69) is 89.5 Å². The Morgan fingerprint density at radius 2 is 1.12 bits per heavy atom. The van der Waals surface area contributed by atoms with Crippen LogP contribution < -0.4 is 9.80 Å². The van der Waals surface area contributed by atoms with Gasteiger partial charge in [0.1, 0.15) is 0 Å². The monoisotopic (exact) mass is 572 g/mol. The Morgan fingerprint density at radius 3 is 1.70 bits per heavy atom. The number of para-hydroxylation sites is 3. The zero-order chi connectivity index (χ0) is 30.3.